The van der Waals surface area contributed by atoms with Crippen LogP contribution in [0.1, 0.15) is 32.6 Å². The highest BCUT2D eigenvalue weighted by Gasteiger charge is 2.45. The molecule has 4 atom stereocenters. The summed E-state index contributed by atoms with van der Waals surface area (Å²) in [5.74, 6) is 0.600. The molecule has 0 amide bonds. The Morgan fingerprint density at radius 1 is 1.43 bits per heavy atom. The first-order valence-electron chi connectivity index (χ1n) is 5.57. The molecule has 2 bridgehead atoms. The molecular formula is C11H18O3. The first kappa shape index (κ1) is 9.97. The zero-order chi connectivity index (χ0) is 10.1. The highest BCUT2D eigenvalue weighted by atomic mass is 16.5. The molecule has 2 aliphatic carbocycles. The molecule has 0 heterocycles. The number of carbonyl (C=O) groups is 1. The number of ether oxygens (including phenoxy) is 1. The summed E-state index contributed by atoms with van der Waals surface area (Å²) in [6, 6.07) is 0. The highest BCUT2D eigenvalue weighted by Crippen LogP contribution is 2.45. The summed E-state index contributed by atoms with van der Waals surface area (Å²) in [7, 11) is 0. The highest BCUT2D eigenvalue weighted by molar-refractivity contribution is 5.73. The minimum atomic E-state index is -0.458. The average molecular weight is 198 g/mol. The zero-order valence-electron chi connectivity index (χ0n) is 8.61. The predicted molar refractivity (Wildman–Crippen MR) is 51.6 cm³/mol. The number of carbonyl (C=O) groups excluding carboxylic acids is 1. The number of aliphatic hydroxyl groups is 1. The molecule has 14 heavy (non-hydrogen) atoms. The van der Waals surface area contributed by atoms with E-state index < -0.39 is 6.10 Å². The molecule has 2 rings (SSSR count). The van der Waals surface area contributed by atoms with Crippen molar-refractivity contribution in [2.24, 2.45) is 17.8 Å². The first-order valence-corrected chi connectivity index (χ1v) is 5.57. The van der Waals surface area contributed by atoms with Gasteiger partial charge in [-0.25, -0.2) is 0 Å². The van der Waals surface area contributed by atoms with E-state index >= 15 is 0 Å². The zero-order valence-corrected chi connectivity index (χ0v) is 8.61. The Labute approximate surface area is 84.4 Å². The van der Waals surface area contributed by atoms with Gasteiger partial charge >= 0.3 is 5.97 Å². The van der Waals surface area contributed by atoms with E-state index in [1.807, 2.05) is 6.92 Å². The fraction of sp³-hybridized carbons (Fsp3) is 0.909. The maximum atomic E-state index is 11.6. The number of hydrogen-bond acceptors (Lipinski definition) is 3. The minimum absolute atomic E-state index is 0.189. The van der Waals surface area contributed by atoms with Crippen LogP contribution in [0, 0.1) is 17.8 Å². The smallest absolute Gasteiger partial charge is 0.311 e. The Bertz CT molecular complexity index is 227. The minimum Gasteiger partial charge on any atom is -0.466 e. The quantitative estimate of drug-likeness (QED) is 0.681. The van der Waals surface area contributed by atoms with Gasteiger partial charge in [0.05, 0.1) is 18.6 Å². The number of fused-ring (bicyclic) bond motifs is 2. The summed E-state index contributed by atoms with van der Waals surface area (Å²) in [5, 5.41) is 9.85. The van der Waals surface area contributed by atoms with Gasteiger partial charge in [0.1, 0.15) is 0 Å². The molecule has 80 valence electrons. The standard InChI is InChI=1S/C11H18O3/c1-2-14-11(13)10-8-4-3-7(5-8)6-9(10)12/h7-10,12H,2-6H2,1H3/t7-,8?,9?,10?/m1/s1. The first-order chi connectivity index (χ1) is 6.72. The summed E-state index contributed by atoms with van der Waals surface area (Å²) < 4.78 is 5.00. The molecule has 2 saturated carbocycles. The third kappa shape index (κ3) is 1.65. The predicted octanol–water partition coefficient (Wildman–Crippen LogP) is 1.35. The largest absolute Gasteiger partial charge is 0.466 e. The van der Waals surface area contributed by atoms with Crippen molar-refractivity contribution < 1.29 is 14.6 Å². The van der Waals surface area contributed by atoms with Crippen molar-refractivity contribution in [3.63, 3.8) is 0 Å². The fourth-order valence-corrected chi connectivity index (χ4v) is 3.04. The lowest BCUT2D eigenvalue weighted by molar-refractivity contribution is -0.156. The molecule has 1 N–H and O–H groups in total. The van der Waals surface area contributed by atoms with Gasteiger partial charge in [0.25, 0.3) is 0 Å². The summed E-state index contributed by atoms with van der Waals surface area (Å²) in [6.07, 6.45) is 3.71. The molecule has 0 spiro atoms. The monoisotopic (exact) mass is 198 g/mol. The van der Waals surface area contributed by atoms with Crippen LogP contribution in [0.5, 0.6) is 0 Å². The number of rotatable bonds is 2. The molecule has 2 aliphatic rings. The van der Waals surface area contributed by atoms with Gasteiger partial charge in [-0.1, -0.05) is 6.42 Å². The van der Waals surface area contributed by atoms with Crippen molar-refractivity contribution in [3.05, 3.63) is 0 Å². The Hall–Kier alpha value is -0.570. The van der Waals surface area contributed by atoms with Gasteiger partial charge in [-0.3, -0.25) is 4.79 Å². The van der Waals surface area contributed by atoms with Crippen LogP contribution in [0.2, 0.25) is 0 Å². The van der Waals surface area contributed by atoms with Crippen LogP contribution in [-0.2, 0) is 9.53 Å². The van der Waals surface area contributed by atoms with Crippen molar-refractivity contribution >= 4 is 5.97 Å². The Morgan fingerprint density at radius 2 is 2.21 bits per heavy atom. The number of hydrogen-bond donors (Lipinski definition) is 1. The molecule has 2 fully saturated rings. The van der Waals surface area contributed by atoms with Gasteiger partial charge in [0.2, 0.25) is 0 Å². The van der Waals surface area contributed by atoms with E-state index in [0.29, 0.717) is 18.4 Å². The summed E-state index contributed by atoms with van der Waals surface area (Å²) in [4.78, 5) is 11.6. The van der Waals surface area contributed by atoms with E-state index in [0.717, 1.165) is 19.3 Å². The van der Waals surface area contributed by atoms with E-state index in [4.69, 9.17) is 4.74 Å². The van der Waals surface area contributed by atoms with Gasteiger partial charge in [-0.15, -0.1) is 0 Å². The van der Waals surface area contributed by atoms with Crippen LogP contribution in [0.3, 0.4) is 0 Å². The van der Waals surface area contributed by atoms with E-state index in [-0.39, 0.29) is 11.9 Å². The van der Waals surface area contributed by atoms with Crippen LogP contribution < -0.4 is 0 Å². The summed E-state index contributed by atoms with van der Waals surface area (Å²) in [6.45, 7) is 2.22. The van der Waals surface area contributed by atoms with Crippen LogP contribution in [0.25, 0.3) is 0 Å². The Kier molecular flexibility index (Phi) is 2.77. The molecule has 3 nitrogen and oxygen atoms in total. The van der Waals surface area contributed by atoms with Crippen LogP contribution >= 0.6 is 0 Å². The van der Waals surface area contributed by atoms with Crippen molar-refractivity contribution in [1.82, 2.24) is 0 Å². The van der Waals surface area contributed by atoms with Crippen molar-refractivity contribution in [3.8, 4) is 0 Å². The van der Waals surface area contributed by atoms with Crippen molar-refractivity contribution in [2.45, 2.75) is 38.7 Å². The second kappa shape index (κ2) is 3.89. The second-order valence-electron chi connectivity index (χ2n) is 4.52. The Morgan fingerprint density at radius 3 is 2.93 bits per heavy atom. The molecule has 0 radical (unpaired) electrons. The van der Waals surface area contributed by atoms with Crippen molar-refractivity contribution in [1.29, 1.82) is 0 Å². The van der Waals surface area contributed by atoms with E-state index in [9.17, 15) is 9.90 Å². The molecule has 3 heteroatoms. The second-order valence-corrected chi connectivity index (χ2v) is 4.52. The van der Waals surface area contributed by atoms with Crippen molar-refractivity contribution in [2.75, 3.05) is 6.61 Å². The van der Waals surface area contributed by atoms with Gasteiger partial charge in [0.15, 0.2) is 0 Å². The maximum absolute atomic E-state index is 11.6. The molecule has 0 saturated heterocycles. The Balaban J connectivity index is 2.05. The average Bonchev–Trinajstić information content (AvgIpc) is 2.48. The molecule has 3 unspecified atom stereocenters. The third-order valence-electron chi connectivity index (χ3n) is 3.64. The lowest BCUT2D eigenvalue weighted by atomic mass is 9.78. The summed E-state index contributed by atoms with van der Waals surface area (Å²) in [5.41, 5.74) is 0. The number of aliphatic hydroxyl groups excluding tert-OH is 1. The lowest BCUT2D eigenvalue weighted by Crippen LogP contribution is -2.38. The van der Waals surface area contributed by atoms with Gasteiger partial charge in [0, 0.05) is 0 Å². The third-order valence-corrected chi connectivity index (χ3v) is 3.64. The SMILES string of the molecule is CCOC(=O)C1C(O)C[C@@H]2CCC1C2. The van der Waals surface area contributed by atoms with Gasteiger partial charge in [-0.05, 0) is 38.0 Å². The van der Waals surface area contributed by atoms with Gasteiger partial charge < -0.3 is 9.84 Å². The van der Waals surface area contributed by atoms with Crippen LogP contribution in [0.4, 0.5) is 0 Å². The van der Waals surface area contributed by atoms with E-state index in [2.05, 4.69) is 0 Å². The molecule has 0 aromatic rings. The number of esters is 1. The molecule has 0 aromatic heterocycles. The fourth-order valence-electron chi connectivity index (χ4n) is 3.04. The van der Waals surface area contributed by atoms with E-state index in [1.165, 1.54) is 6.42 Å². The lowest BCUT2D eigenvalue weighted by Gasteiger charge is -2.31. The van der Waals surface area contributed by atoms with E-state index in [1.54, 1.807) is 0 Å². The molecular weight excluding hydrogens is 180 g/mol. The topological polar surface area (TPSA) is 46.5 Å². The maximum Gasteiger partial charge on any atom is 0.311 e. The normalized spacial score (nSPS) is 41.0. The van der Waals surface area contributed by atoms with Crippen LogP contribution in [-0.4, -0.2) is 23.8 Å². The van der Waals surface area contributed by atoms with Gasteiger partial charge in [-0.2, -0.15) is 0 Å². The molecule has 0 aliphatic heterocycles. The van der Waals surface area contributed by atoms with Crippen LogP contribution in [0.15, 0.2) is 0 Å². The molecule has 0 aromatic carbocycles. The summed E-state index contributed by atoms with van der Waals surface area (Å²) >= 11 is 0.